The van der Waals surface area contributed by atoms with Crippen LogP contribution in [0.25, 0.3) is 0 Å². The average Bonchev–Trinajstić information content (AvgIpc) is 2.76. The van der Waals surface area contributed by atoms with Gasteiger partial charge < -0.3 is 10.4 Å². The summed E-state index contributed by atoms with van der Waals surface area (Å²) in [5.41, 5.74) is 0. The fourth-order valence-electron chi connectivity index (χ4n) is 1.59. The van der Waals surface area contributed by atoms with Gasteiger partial charge in [0, 0.05) is 24.2 Å². The van der Waals surface area contributed by atoms with Gasteiger partial charge in [0.2, 0.25) is 0 Å². The van der Waals surface area contributed by atoms with E-state index < -0.39 is 0 Å². The molecular formula is C11H20N2OS. The Balaban J connectivity index is 2.40. The molecule has 0 aliphatic carbocycles. The topological polar surface area (TPSA) is 45.1 Å². The number of hydrogen-bond donors (Lipinski definition) is 2. The number of aliphatic hydroxyl groups is 1. The lowest BCUT2D eigenvalue weighted by molar-refractivity contribution is 0.273. The molecule has 0 saturated heterocycles. The van der Waals surface area contributed by atoms with Crippen molar-refractivity contribution >= 4 is 11.3 Å². The lowest BCUT2D eigenvalue weighted by Gasteiger charge is -2.20. The van der Waals surface area contributed by atoms with Crippen molar-refractivity contribution in [2.45, 2.75) is 45.2 Å². The average molecular weight is 228 g/mol. The molecule has 15 heavy (non-hydrogen) atoms. The molecule has 0 aliphatic rings. The quantitative estimate of drug-likeness (QED) is 0.753. The molecule has 0 aromatic carbocycles. The second-order valence-corrected chi connectivity index (χ2v) is 4.69. The van der Waals surface area contributed by atoms with Gasteiger partial charge in [-0.1, -0.05) is 6.92 Å². The van der Waals surface area contributed by atoms with Gasteiger partial charge in [0.25, 0.3) is 0 Å². The first-order valence-electron chi connectivity index (χ1n) is 5.54. The Morgan fingerprint density at radius 3 is 2.93 bits per heavy atom. The maximum atomic E-state index is 8.75. The fourth-order valence-corrected chi connectivity index (χ4v) is 2.38. The molecule has 2 atom stereocenters. The Labute approximate surface area is 95.6 Å². The van der Waals surface area contributed by atoms with Crippen LogP contribution in [0.1, 0.15) is 44.2 Å². The van der Waals surface area contributed by atoms with Crippen LogP contribution < -0.4 is 5.32 Å². The summed E-state index contributed by atoms with van der Waals surface area (Å²) >= 11 is 1.70. The summed E-state index contributed by atoms with van der Waals surface area (Å²) in [6.07, 6.45) is 4.78. The van der Waals surface area contributed by atoms with Crippen LogP contribution in [0.2, 0.25) is 0 Å². The molecule has 0 spiro atoms. The van der Waals surface area contributed by atoms with Crippen molar-refractivity contribution in [2.24, 2.45) is 0 Å². The Kier molecular flexibility index (Phi) is 5.83. The molecule has 1 aromatic rings. The van der Waals surface area contributed by atoms with Crippen molar-refractivity contribution < 1.29 is 5.11 Å². The zero-order chi connectivity index (χ0) is 11.1. The second-order valence-electron chi connectivity index (χ2n) is 3.76. The van der Waals surface area contributed by atoms with Crippen LogP contribution in [0, 0.1) is 0 Å². The third-order valence-corrected chi connectivity index (χ3v) is 3.33. The summed E-state index contributed by atoms with van der Waals surface area (Å²) in [5.74, 6) is 0. The van der Waals surface area contributed by atoms with E-state index in [9.17, 15) is 0 Å². The largest absolute Gasteiger partial charge is 0.396 e. The minimum absolute atomic E-state index is 0.278. The maximum Gasteiger partial charge on any atom is 0.109 e. The summed E-state index contributed by atoms with van der Waals surface area (Å²) in [6, 6.07) is 0.796. The highest BCUT2D eigenvalue weighted by atomic mass is 32.1. The van der Waals surface area contributed by atoms with Gasteiger partial charge in [-0.05, 0) is 26.2 Å². The van der Waals surface area contributed by atoms with Crippen LogP contribution in [0.15, 0.2) is 11.6 Å². The van der Waals surface area contributed by atoms with Crippen molar-refractivity contribution in [1.82, 2.24) is 10.3 Å². The normalized spacial score (nSPS) is 15.1. The number of rotatable bonds is 7. The van der Waals surface area contributed by atoms with E-state index in [0.29, 0.717) is 12.1 Å². The number of hydrogen-bond acceptors (Lipinski definition) is 4. The van der Waals surface area contributed by atoms with Crippen LogP contribution >= 0.6 is 11.3 Å². The van der Waals surface area contributed by atoms with Crippen LogP contribution in [-0.4, -0.2) is 22.7 Å². The molecule has 1 aromatic heterocycles. The lowest BCUT2D eigenvalue weighted by Crippen LogP contribution is -2.30. The van der Waals surface area contributed by atoms with Crippen LogP contribution in [0.3, 0.4) is 0 Å². The highest BCUT2D eigenvalue weighted by molar-refractivity contribution is 7.09. The monoisotopic (exact) mass is 228 g/mol. The first kappa shape index (κ1) is 12.6. The predicted molar refractivity (Wildman–Crippen MR) is 64.1 cm³/mol. The lowest BCUT2D eigenvalue weighted by atomic mass is 10.1. The molecule has 0 aliphatic heterocycles. The third kappa shape index (κ3) is 4.28. The first-order chi connectivity index (χ1) is 7.27. The Hall–Kier alpha value is -0.450. The van der Waals surface area contributed by atoms with E-state index in [4.69, 9.17) is 5.11 Å². The van der Waals surface area contributed by atoms with Gasteiger partial charge >= 0.3 is 0 Å². The van der Waals surface area contributed by atoms with Crippen molar-refractivity contribution in [2.75, 3.05) is 6.61 Å². The number of aliphatic hydroxyl groups excluding tert-OH is 1. The first-order valence-corrected chi connectivity index (χ1v) is 6.42. The molecule has 0 amide bonds. The maximum absolute atomic E-state index is 8.75. The van der Waals surface area contributed by atoms with E-state index in [0.717, 1.165) is 24.3 Å². The molecule has 3 nitrogen and oxygen atoms in total. The standard InChI is InChI=1S/C11H20N2OS/c1-3-10(11-12-6-8-15-11)13-9(2)5-4-7-14/h6,8-10,13-14H,3-5,7H2,1-2H3. The van der Waals surface area contributed by atoms with Gasteiger partial charge in [0.15, 0.2) is 0 Å². The smallest absolute Gasteiger partial charge is 0.109 e. The molecule has 0 saturated carbocycles. The molecule has 2 N–H and O–H groups in total. The van der Waals surface area contributed by atoms with Gasteiger partial charge in [0.05, 0.1) is 6.04 Å². The highest BCUT2D eigenvalue weighted by Gasteiger charge is 2.13. The summed E-state index contributed by atoms with van der Waals surface area (Å²) in [4.78, 5) is 4.33. The van der Waals surface area contributed by atoms with Gasteiger partial charge in [-0.3, -0.25) is 0 Å². The van der Waals surface area contributed by atoms with Crippen molar-refractivity contribution in [3.05, 3.63) is 16.6 Å². The van der Waals surface area contributed by atoms with E-state index in [-0.39, 0.29) is 6.61 Å². The number of aromatic nitrogens is 1. The fraction of sp³-hybridized carbons (Fsp3) is 0.727. The van der Waals surface area contributed by atoms with Crippen molar-refractivity contribution in [1.29, 1.82) is 0 Å². The van der Waals surface area contributed by atoms with Gasteiger partial charge in [-0.25, -0.2) is 4.98 Å². The molecule has 1 heterocycles. The summed E-state index contributed by atoms with van der Waals surface area (Å²) in [6.45, 7) is 4.60. The van der Waals surface area contributed by atoms with Crippen molar-refractivity contribution in [3.63, 3.8) is 0 Å². The summed E-state index contributed by atoms with van der Waals surface area (Å²) in [7, 11) is 0. The van der Waals surface area contributed by atoms with Gasteiger partial charge in [-0.15, -0.1) is 11.3 Å². The Bertz CT molecular complexity index is 251. The summed E-state index contributed by atoms with van der Waals surface area (Å²) < 4.78 is 0. The van der Waals surface area contributed by atoms with Crippen LogP contribution in [0.5, 0.6) is 0 Å². The molecule has 4 heteroatoms. The molecule has 0 fully saturated rings. The number of nitrogens with one attached hydrogen (secondary N) is 1. The Morgan fingerprint density at radius 1 is 1.60 bits per heavy atom. The number of thiazole rings is 1. The van der Waals surface area contributed by atoms with E-state index in [2.05, 4.69) is 24.1 Å². The summed E-state index contributed by atoms with van der Waals surface area (Å²) in [5, 5.41) is 15.5. The molecule has 2 unspecified atom stereocenters. The highest BCUT2D eigenvalue weighted by Crippen LogP contribution is 2.19. The Morgan fingerprint density at radius 2 is 2.40 bits per heavy atom. The molecule has 1 rings (SSSR count). The zero-order valence-electron chi connectivity index (χ0n) is 9.44. The molecule has 0 bridgehead atoms. The SMILES string of the molecule is CCC(NC(C)CCCO)c1nccs1. The second kappa shape index (κ2) is 6.93. The van der Waals surface area contributed by atoms with E-state index in [1.165, 1.54) is 0 Å². The number of nitrogens with zero attached hydrogens (tertiary/aromatic N) is 1. The predicted octanol–water partition coefficient (Wildman–Crippen LogP) is 2.34. The third-order valence-electron chi connectivity index (χ3n) is 2.44. The minimum Gasteiger partial charge on any atom is -0.396 e. The molecule has 86 valence electrons. The van der Waals surface area contributed by atoms with E-state index >= 15 is 0 Å². The zero-order valence-corrected chi connectivity index (χ0v) is 10.3. The van der Waals surface area contributed by atoms with Crippen LogP contribution in [-0.2, 0) is 0 Å². The molecular weight excluding hydrogens is 208 g/mol. The minimum atomic E-state index is 0.278. The van der Waals surface area contributed by atoms with Gasteiger partial charge in [-0.2, -0.15) is 0 Å². The van der Waals surface area contributed by atoms with E-state index in [1.54, 1.807) is 11.3 Å². The van der Waals surface area contributed by atoms with Gasteiger partial charge in [0.1, 0.15) is 5.01 Å². The van der Waals surface area contributed by atoms with E-state index in [1.807, 2.05) is 11.6 Å². The van der Waals surface area contributed by atoms with Crippen molar-refractivity contribution in [3.8, 4) is 0 Å². The van der Waals surface area contributed by atoms with Crippen LogP contribution in [0.4, 0.5) is 0 Å². The molecule has 0 radical (unpaired) electrons.